The summed E-state index contributed by atoms with van der Waals surface area (Å²) in [6.45, 7) is 0. The third kappa shape index (κ3) is 2.07. The van der Waals surface area contributed by atoms with E-state index in [4.69, 9.17) is 5.73 Å². The molecule has 0 saturated carbocycles. The summed E-state index contributed by atoms with van der Waals surface area (Å²) >= 11 is 0. The molecule has 0 radical (unpaired) electrons. The van der Waals surface area contributed by atoms with E-state index in [2.05, 4.69) is 9.97 Å². The smallest absolute Gasteiger partial charge is 0.123 e. The van der Waals surface area contributed by atoms with Gasteiger partial charge in [-0.15, -0.1) is 0 Å². The molecule has 0 atom stereocenters. The van der Waals surface area contributed by atoms with E-state index in [0.717, 1.165) is 6.42 Å². The number of nitrogens with two attached hydrogens (primary N) is 1. The SMILES string of the molecule is Nc1cc(Cc2ccncc2)ccn1. The van der Waals surface area contributed by atoms with Crippen LogP contribution in [-0.2, 0) is 6.42 Å². The molecule has 0 aromatic carbocycles. The Morgan fingerprint density at radius 2 is 1.71 bits per heavy atom. The highest BCUT2D eigenvalue weighted by molar-refractivity contribution is 5.34. The maximum Gasteiger partial charge on any atom is 0.123 e. The number of rotatable bonds is 2. The van der Waals surface area contributed by atoms with Crippen LogP contribution >= 0.6 is 0 Å². The molecule has 2 aromatic rings. The molecule has 3 nitrogen and oxygen atoms in total. The average molecular weight is 185 g/mol. The number of hydrogen-bond donors (Lipinski definition) is 1. The third-order valence-electron chi connectivity index (χ3n) is 2.00. The molecule has 0 unspecified atom stereocenters. The maximum atomic E-state index is 5.59. The molecular formula is C11H11N3. The molecule has 2 aromatic heterocycles. The highest BCUT2D eigenvalue weighted by atomic mass is 14.8. The number of nitrogens with zero attached hydrogens (tertiary/aromatic N) is 2. The summed E-state index contributed by atoms with van der Waals surface area (Å²) in [4.78, 5) is 7.91. The van der Waals surface area contributed by atoms with E-state index in [-0.39, 0.29) is 0 Å². The second-order valence-electron chi connectivity index (χ2n) is 3.12. The van der Waals surface area contributed by atoms with Gasteiger partial charge in [0.15, 0.2) is 0 Å². The molecule has 2 N–H and O–H groups in total. The molecule has 0 bridgehead atoms. The number of pyridine rings is 2. The van der Waals surface area contributed by atoms with Gasteiger partial charge in [0.05, 0.1) is 0 Å². The van der Waals surface area contributed by atoms with Gasteiger partial charge in [0.2, 0.25) is 0 Å². The van der Waals surface area contributed by atoms with E-state index in [1.165, 1.54) is 11.1 Å². The lowest BCUT2D eigenvalue weighted by Crippen LogP contribution is -1.93. The molecule has 2 heterocycles. The molecule has 0 aliphatic heterocycles. The normalized spacial score (nSPS) is 10.0. The zero-order valence-electron chi connectivity index (χ0n) is 7.72. The van der Waals surface area contributed by atoms with E-state index >= 15 is 0 Å². The van der Waals surface area contributed by atoms with Gasteiger partial charge in [-0.1, -0.05) is 0 Å². The van der Waals surface area contributed by atoms with Crippen LogP contribution in [0.3, 0.4) is 0 Å². The van der Waals surface area contributed by atoms with Crippen molar-refractivity contribution in [3.05, 3.63) is 54.0 Å². The van der Waals surface area contributed by atoms with Crippen LogP contribution in [0.25, 0.3) is 0 Å². The first-order valence-corrected chi connectivity index (χ1v) is 4.44. The Morgan fingerprint density at radius 1 is 1.00 bits per heavy atom. The number of hydrogen-bond acceptors (Lipinski definition) is 3. The first-order valence-electron chi connectivity index (χ1n) is 4.44. The van der Waals surface area contributed by atoms with E-state index < -0.39 is 0 Å². The topological polar surface area (TPSA) is 51.8 Å². The summed E-state index contributed by atoms with van der Waals surface area (Å²) < 4.78 is 0. The standard InChI is InChI=1S/C11H11N3/c12-11-8-10(3-6-14-11)7-9-1-4-13-5-2-9/h1-6,8H,7H2,(H2,12,14). The summed E-state index contributed by atoms with van der Waals surface area (Å²) in [6, 6.07) is 7.85. The Kier molecular flexibility index (Phi) is 2.40. The fourth-order valence-electron chi connectivity index (χ4n) is 1.34. The van der Waals surface area contributed by atoms with Crippen LogP contribution in [0.15, 0.2) is 42.9 Å². The fraction of sp³-hybridized carbons (Fsp3) is 0.0909. The second-order valence-corrected chi connectivity index (χ2v) is 3.12. The molecule has 0 aliphatic rings. The van der Waals surface area contributed by atoms with Gasteiger partial charge in [0.25, 0.3) is 0 Å². The largest absolute Gasteiger partial charge is 0.384 e. The van der Waals surface area contributed by atoms with Crippen LogP contribution in [0.4, 0.5) is 5.82 Å². The van der Waals surface area contributed by atoms with Crippen molar-refractivity contribution in [1.29, 1.82) is 0 Å². The van der Waals surface area contributed by atoms with E-state index in [1.807, 2.05) is 24.3 Å². The van der Waals surface area contributed by atoms with Crippen molar-refractivity contribution < 1.29 is 0 Å². The molecule has 3 heteroatoms. The summed E-state index contributed by atoms with van der Waals surface area (Å²) in [7, 11) is 0. The molecule has 0 spiro atoms. The third-order valence-corrected chi connectivity index (χ3v) is 2.00. The van der Waals surface area contributed by atoms with Gasteiger partial charge in [-0.25, -0.2) is 4.98 Å². The van der Waals surface area contributed by atoms with Gasteiger partial charge in [-0.3, -0.25) is 4.98 Å². The monoisotopic (exact) mass is 185 g/mol. The predicted octanol–water partition coefficient (Wildman–Crippen LogP) is 1.65. The minimum atomic E-state index is 0.566. The number of anilines is 1. The number of aromatic nitrogens is 2. The summed E-state index contributed by atoms with van der Waals surface area (Å²) in [5.41, 5.74) is 7.99. The molecule has 0 amide bonds. The maximum absolute atomic E-state index is 5.59. The van der Waals surface area contributed by atoms with Gasteiger partial charge in [-0.2, -0.15) is 0 Å². The molecule has 14 heavy (non-hydrogen) atoms. The summed E-state index contributed by atoms with van der Waals surface area (Å²) in [5, 5.41) is 0. The second kappa shape index (κ2) is 3.87. The van der Waals surface area contributed by atoms with Crippen LogP contribution < -0.4 is 5.73 Å². The van der Waals surface area contributed by atoms with Gasteiger partial charge in [0, 0.05) is 18.6 Å². The molecule has 0 saturated heterocycles. The van der Waals surface area contributed by atoms with Crippen molar-refractivity contribution >= 4 is 5.82 Å². The summed E-state index contributed by atoms with van der Waals surface area (Å²) in [5.74, 6) is 0.566. The minimum Gasteiger partial charge on any atom is -0.384 e. The van der Waals surface area contributed by atoms with Crippen molar-refractivity contribution in [3.63, 3.8) is 0 Å². The van der Waals surface area contributed by atoms with Gasteiger partial charge in [0.1, 0.15) is 5.82 Å². The molecule has 70 valence electrons. The Hall–Kier alpha value is -1.90. The lowest BCUT2D eigenvalue weighted by molar-refractivity contribution is 1.15. The lowest BCUT2D eigenvalue weighted by atomic mass is 10.1. The first kappa shape index (κ1) is 8.69. The van der Waals surface area contributed by atoms with Crippen LogP contribution in [0, 0.1) is 0 Å². The zero-order chi connectivity index (χ0) is 9.80. The van der Waals surface area contributed by atoms with Crippen molar-refractivity contribution in [1.82, 2.24) is 9.97 Å². The van der Waals surface area contributed by atoms with E-state index in [9.17, 15) is 0 Å². The Bertz CT molecular complexity index is 412. The lowest BCUT2D eigenvalue weighted by Gasteiger charge is -2.01. The van der Waals surface area contributed by atoms with Crippen molar-refractivity contribution in [3.8, 4) is 0 Å². The quantitative estimate of drug-likeness (QED) is 0.774. The Balaban J connectivity index is 2.19. The van der Waals surface area contributed by atoms with Gasteiger partial charge < -0.3 is 5.73 Å². The van der Waals surface area contributed by atoms with Gasteiger partial charge >= 0.3 is 0 Å². The Morgan fingerprint density at radius 3 is 2.43 bits per heavy atom. The van der Waals surface area contributed by atoms with Crippen molar-refractivity contribution in [2.45, 2.75) is 6.42 Å². The molecule has 0 fully saturated rings. The highest BCUT2D eigenvalue weighted by Gasteiger charge is 1.96. The average Bonchev–Trinajstić information content (AvgIpc) is 2.19. The highest BCUT2D eigenvalue weighted by Crippen LogP contribution is 2.09. The predicted molar refractivity (Wildman–Crippen MR) is 55.7 cm³/mol. The minimum absolute atomic E-state index is 0.566. The zero-order valence-corrected chi connectivity index (χ0v) is 7.72. The van der Waals surface area contributed by atoms with Crippen LogP contribution in [0.2, 0.25) is 0 Å². The molecule has 0 aliphatic carbocycles. The van der Waals surface area contributed by atoms with Gasteiger partial charge in [-0.05, 0) is 41.8 Å². The summed E-state index contributed by atoms with van der Waals surface area (Å²) in [6.07, 6.45) is 6.18. The first-order chi connectivity index (χ1) is 6.84. The van der Waals surface area contributed by atoms with E-state index in [1.54, 1.807) is 18.6 Å². The van der Waals surface area contributed by atoms with Crippen molar-refractivity contribution in [2.24, 2.45) is 0 Å². The van der Waals surface area contributed by atoms with E-state index in [0.29, 0.717) is 5.82 Å². The molecular weight excluding hydrogens is 174 g/mol. The van der Waals surface area contributed by atoms with Crippen LogP contribution in [-0.4, -0.2) is 9.97 Å². The molecule has 2 rings (SSSR count). The Labute approximate surface area is 82.6 Å². The van der Waals surface area contributed by atoms with Crippen LogP contribution in [0.1, 0.15) is 11.1 Å². The van der Waals surface area contributed by atoms with Crippen LogP contribution in [0.5, 0.6) is 0 Å². The van der Waals surface area contributed by atoms with Crippen molar-refractivity contribution in [2.75, 3.05) is 5.73 Å². The fourth-order valence-corrected chi connectivity index (χ4v) is 1.34. The number of nitrogen functional groups attached to an aromatic ring is 1.